The minimum atomic E-state index is -4.09. The van der Waals surface area contributed by atoms with Crippen molar-refractivity contribution in [2.45, 2.75) is 72.6 Å². The average molecular weight is 516 g/mol. The van der Waals surface area contributed by atoms with Gasteiger partial charge < -0.3 is 19.1 Å². The van der Waals surface area contributed by atoms with Crippen molar-refractivity contribution < 1.29 is 36.8 Å². The van der Waals surface area contributed by atoms with E-state index in [1.54, 1.807) is 17.0 Å². The van der Waals surface area contributed by atoms with Gasteiger partial charge in [0.05, 0.1) is 25.6 Å². The summed E-state index contributed by atoms with van der Waals surface area (Å²) in [6, 6.07) is 3.22. The Kier molecular flexibility index (Phi) is 14.4. The largest absolute Gasteiger partial charge is 0.490 e. The van der Waals surface area contributed by atoms with Crippen LogP contribution in [0.4, 0.5) is 0 Å². The Morgan fingerprint density at radius 2 is 1.46 bits per heavy atom. The van der Waals surface area contributed by atoms with E-state index in [9.17, 15) is 18.0 Å². The summed E-state index contributed by atoms with van der Waals surface area (Å²) in [5, 5.41) is 0. The molecule has 0 aliphatic rings. The summed E-state index contributed by atoms with van der Waals surface area (Å²) in [4.78, 5) is 26.6. The summed E-state index contributed by atoms with van der Waals surface area (Å²) in [6.07, 6.45) is 4.53. The highest BCUT2D eigenvalue weighted by atomic mass is 32.2. The smallest absolute Gasteiger partial charge is 0.264 e. The van der Waals surface area contributed by atoms with Gasteiger partial charge in [-0.1, -0.05) is 33.6 Å². The molecule has 200 valence electrons. The molecule has 0 bridgehead atoms. The number of Topliss-reactive ketones (excluding diaryl/α,β-unsaturated/α-hetero) is 1. The molecule has 1 aromatic carbocycles. The SMILES string of the molecule is CCCCOc1cc(C(=O)N(CCCC)CCC(C)=O)cc(OCCC)c1OCCCS(=O)(=O)O. The van der Waals surface area contributed by atoms with Gasteiger partial charge in [-0.05, 0) is 44.7 Å². The lowest BCUT2D eigenvalue weighted by Gasteiger charge is -2.24. The molecule has 9 nitrogen and oxygen atoms in total. The van der Waals surface area contributed by atoms with Crippen LogP contribution in [0.15, 0.2) is 12.1 Å². The van der Waals surface area contributed by atoms with E-state index in [1.807, 2.05) is 20.8 Å². The second-order valence-corrected chi connectivity index (χ2v) is 10.0. The first-order valence-electron chi connectivity index (χ1n) is 12.4. The molecule has 0 saturated heterocycles. The van der Waals surface area contributed by atoms with Gasteiger partial charge >= 0.3 is 0 Å². The van der Waals surface area contributed by atoms with Crippen LogP contribution in [0.25, 0.3) is 0 Å². The summed E-state index contributed by atoms with van der Waals surface area (Å²) in [7, 11) is -4.09. The van der Waals surface area contributed by atoms with E-state index in [0.29, 0.717) is 49.1 Å². The fraction of sp³-hybridized carbons (Fsp3) is 0.680. The van der Waals surface area contributed by atoms with Gasteiger partial charge in [0, 0.05) is 25.1 Å². The standard InChI is InChI=1S/C25H41NO8S/c1-5-8-12-26(13-11-20(4)27)25(28)21-18-22(32-14-7-3)24(23(19-21)33-15-9-6-2)34-16-10-17-35(29,30)31/h18-19H,5-17H2,1-4H3,(H,29,30,31). The van der Waals surface area contributed by atoms with Crippen LogP contribution in [0.5, 0.6) is 17.2 Å². The zero-order chi connectivity index (χ0) is 26.3. The summed E-state index contributed by atoms with van der Waals surface area (Å²) >= 11 is 0. The van der Waals surface area contributed by atoms with E-state index >= 15 is 0 Å². The van der Waals surface area contributed by atoms with E-state index in [-0.39, 0.29) is 31.1 Å². The molecule has 0 heterocycles. The molecule has 0 saturated carbocycles. The molecule has 0 aromatic heterocycles. The van der Waals surface area contributed by atoms with Crippen molar-refractivity contribution in [3.05, 3.63) is 17.7 Å². The molecule has 0 atom stereocenters. The zero-order valence-electron chi connectivity index (χ0n) is 21.5. The lowest BCUT2D eigenvalue weighted by molar-refractivity contribution is -0.117. The quantitative estimate of drug-likeness (QED) is 0.211. The third kappa shape index (κ3) is 12.3. The third-order valence-electron chi connectivity index (χ3n) is 5.08. The number of carbonyl (C=O) groups is 2. The number of hydrogen-bond donors (Lipinski definition) is 1. The van der Waals surface area contributed by atoms with E-state index < -0.39 is 15.9 Å². The number of ketones is 1. The number of amides is 1. The van der Waals surface area contributed by atoms with Gasteiger partial charge in [-0.3, -0.25) is 14.1 Å². The Labute approximate surface area is 209 Å². The Balaban J connectivity index is 3.32. The molecule has 0 fully saturated rings. The molecule has 1 rings (SSSR count). The van der Waals surface area contributed by atoms with Crippen molar-refractivity contribution in [1.82, 2.24) is 4.90 Å². The number of ether oxygens (including phenoxy) is 3. The lowest BCUT2D eigenvalue weighted by atomic mass is 10.1. The van der Waals surface area contributed by atoms with Crippen molar-refractivity contribution in [1.29, 1.82) is 0 Å². The van der Waals surface area contributed by atoms with Gasteiger partial charge in [0.2, 0.25) is 5.75 Å². The highest BCUT2D eigenvalue weighted by Crippen LogP contribution is 2.40. The monoisotopic (exact) mass is 515 g/mol. The van der Waals surface area contributed by atoms with E-state index in [4.69, 9.17) is 18.8 Å². The van der Waals surface area contributed by atoms with Gasteiger partial charge in [-0.2, -0.15) is 8.42 Å². The first kappa shape index (κ1) is 30.7. The maximum absolute atomic E-state index is 13.4. The molecule has 1 N–H and O–H groups in total. The maximum atomic E-state index is 13.4. The Bertz CT molecular complexity index is 901. The number of nitrogens with zero attached hydrogens (tertiary/aromatic N) is 1. The fourth-order valence-corrected chi connectivity index (χ4v) is 3.63. The molecule has 35 heavy (non-hydrogen) atoms. The van der Waals surface area contributed by atoms with Crippen LogP contribution in [-0.4, -0.2) is 68.2 Å². The Morgan fingerprint density at radius 1 is 0.857 bits per heavy atom. The van der Waals surface area contributed by atoms with Crippen LogP contribution in [0, 0.1) is 0 Å². The number of unbranched alkanes of at least 4 members (excludes halogenated alkanes) is 2. The first-order chi connectivity index (χ1) is 16.6. The van der Waals surface area contributed by atoms with Gasteiger partial charge in [-0.25, -0.2) is 0 Å². The molecule has 0 aliphatic heterocycles. The van der Waals surface area contributed by atoms with Crippen LogP contribution in [0.3, 0.4) is 0 Å². The Hall–Kier alpha value is -2.33. The molecule has 1 aromatic rings. The fourth-order valence-electron chi connectivity index (χ4n) is 3.15. The summed E-state index contributed by atoms with van der Waals surface area (Å²) in [6.45, 7) is 9.21. The zero-order valence-corrected chi connectivity index (χ0v) is 22.3. The predicted octanol–water partition coefficient (Wildman–Crippen LogP) is 4.53. The molecular weight excluding hydrogens is 474 g/mol. The molecular formula is C25H41NO8S. The summed E-state index contributed by atoms with van der Waals surface area (Å²) in [5.41, 5.74) is 0.368. The van der Waals surface area contributed by atoms with Crippen LogP contribution < -0.4 is 14.2 Å². The second-order valence-electron chi connectivity index (χ2n) is 8.44. The molecule has 10 heteroatoms. The third-order valence-corrected chi connectivity index (χ3v) is 5.89. The second kappa shape index (κ2) is 16.4. The van der Waals surface area contributed by atoms with Crippen molar-refractivity contribution in [3.8, 4) is 17.2 Å². The number of benzene rings is 1. The molecule has 0 radical (unpaired) electrons. The van der Waals surface area contributed by atoms with Crippen molar-refractivity contribution >= 4 is 21.8 Å². The number of rotatable bonds is 19. The summed E-state index contributed by atoms with van der Waals surface area (Å²) in [5.74, 6) is 0.332. The minimum Gasteiger partial charge on any atom is -0.490 e. The van der Waals surface area contributed by atoms with E-state index in [1.165, 1.54) is 6.92 Å². The molecule has 0 aliphatic carbocycles. The normalized spacial score (nSPS) is 11.2. The van der Waals surface area contributed by atoms with Crippen molar-refractivity contribution in [2.75, 3.05) is 38.7 Å². The van der Waals surface area contributed by atoms with Crippen LogP contribution in [0.2, 0.25) is 0 Å². The van der Waals surface area contributed by atoms with Gasteiger partial charge in [0.1, 0.15) is 5.78 Å². The topological polar surface area (TPSA) is 119 Å². The minimum absolute atomic E-state index is 0.0148. The summed E-state index contributed by atoms with van der Waals surface area (Å²) < 4.78 is 48.7. The van der Waals surface area contributed by atoms with Crippen molar-refractivity contribution in [3.63, 3.8) is 0 Å². The van der Waals surface area contributed by atoms with Crippen LogP contribution >= 0.6 is 0 Å². The molecule has 0 unspecified atom stereocenters. The maximum Gasteiger partial charge on any atom is 0.264 e. The molecule has 1 amide bonds. The van der Waals surface area contributed by atoms with Crippen LogP contribution in [-0.2, 0) is 14.9 Å². The average Bonchev–Trinajstić information content (AvgIpc) is 2.80. The van der Waals surface area contributed by atoms with Gasteiger partial charge in [-0.15, -0.1) is 0 Å². The van der Waals surface area contributed by atoms with E-state index in [0.717, 1.165) is 32.1 Å². The number of hydrogen-bond acceptors (Lipinski definition) is 7. The van der Waals surface area contributed by atoms with Crippen LogP contribution in [0.1, 0.15) is 83.0 Å². The number of carbonyl (C=O) groups excluding carboxylic acids is 2. The van der Waals surface area contributed by atoms with Crippen molar-refractivity contribution in [2.24, 2.45) is 0 Å². The predicted molar refractivity (Wildman–Crippen MR) is 135 cm³/mol. The molecule has 0 spiro atoms. The lowest BCUT2D eigenvalue weighted by Crippen LogP contribution is -2.33. The van der Waals surface area contributed by atoms with Gasteiger partial charge in [0.15, 0.2) is 11.5 Å². The first-order valence-corrected chi connectivity index (χ1v) is 14.0. The highest BCUT2D eigenvalue weighted by molar-refractivity contribution is 7.85. The van der Waals surface area contributed by atoms with E-state index in [2.05, 4.69) is 0 Å². The van der Waals surface area contributed by atoms with Gasteiger partial charge in [0.25, 0.3) is 16.0 Å². The highest BCUT2D eigenvalue weighted by Gasteiger charge is 2.22. The Morgan fingerprint density at radius 3 is 2.00 bits per heavy atom.